The maximum absolute atomic E-state index is 14.0. The van der Waals surface area contributed by atoms with Crippen molar-refractivity contribution in [2.75, 3.05) is 23.9 Å². The molecule has 2 N–H and O–H groups in total. The molecule has 4 aromatic rings. The van der Waals surface area contributed by atoms with Gasteiger partial charge in [-0.2, -0.15) is 0 Å². The Hall–Kier alpha value is -4.06. The number of aromatic nitrogens is 1. The van der Waals surface area contributed by atoms with Crippen LogP contribution in [0.25, 0.3) is 0 Å². The minimum atomic E-state index is -0.840. The minimum absolute atomic E-state index is 0.300. The lowest BCUT2D eigenvalue weighted by Gasteiger charge is -2.31. The van der Waals surface area contributed by atoms with Crippen molar-refractivity contribution in [2.45, 2.75) is 16.2 Å². The van der Waals surface area contributed by atoms with Crippen molar-refractivity contribution < 1.29 is 23.9 Å². The van der Waals surface area contributed by atoms with Crippen molar-refractivity contribution in [2.24, 2.45) is 5.92 Å². The highest BCUT2D eigenvalue weighted by Gasteiger charge is 2.56. The molecular formula is C29H22ClN3O6S2. The molecule has 0 aliphatic carbocycles. The fourth-order valence-corrected chi connectivity index (χ4v) is 7.78. The maximum atomic E-state index is 14.0. The number of thioether (sulfide) groups is 1. The second-order valence-electron chi connectivity index (χ2n) is 9.34. The Kier molecular flexibility index (Phi) is 7.33. The Bertz CT molecular complexity index is 1710. The molecule has 3 heterocycles. The second kappa shape index (κ2) is 11.1. The lowest BCUT2D eigenvalue weighted by Crippen LogP contribution is -2.32. The molecule has 1 fully saturated rings. The summed E-state index contributed by atoms with van der Waals surface area (Å²) in [6.45, 7) is -0.305. The molecule has 0 radical (unpaired) electrons. The van der Waals surface area contributed by atoms with Crippen LogP contribution < -0.4 is 24.6 Å². The predicted octanol–water partition coefficient (Wildman–Crippen LogP) is 4.91. The van der Waals surface area contributed by atoms with E-state index in [2.05, 4.69) is 10.3 Å². The van der Waals surface area contributed by atoms with Crippen LogP contribution in [0.5, 0.6) is 11.5 Å². The van der Waals surface area contributed by atoms with Gasteiger partial charge in [-0.15, -0.1) is 0 Å². The van der Waals surface area contributed by atoms with Gasteiger partial charge in [-0.3, -0.25) is 19.2 Å². The minimum Gasteiger partial charge on any atom is -0.497 e. The van der Waals surface area contributed by atoms with Gasteiger partial charge in [0, 0.05) is 27.1 Å². The van der Waals surface area contributed by atoms with Gasteiger partial charge < -0.3 is 19.8 Å². The Morgan fingerprint density at radius 1 is 1.02 bits per heavy atom. The zero-order valence-electron chi connectivity index (χ0n) is 21.5. The largest absolute Gasteiger partial charge is 0.497 e. The van der Waals surface area contributed by atoms with E-state index in [1.54, 1.807) is 66.7 Å². The van der Waals surface area contributed by atoms with Gasteiger partial charge in [-0.05, 0) is 54.6 Å². The number of amides is 3. The van der Waals surface area contributed by atoms with E-state index in [1.807, 2.05) is 6.07 Å². The summed E-state index contributed by atoms with van der Waals surface area (Å²) in [5.74, 6) is -1.80. The SMILES string of the molecule is COc1ccc(N2C(=O)[C@H]3[C@H](c4cc(Cl)ccc4OCC(=O)Nc4ccccc4)c4sc(=O)[nH]c4S[C@H]3C2=O)cc1. The lowest BCUT2D eigenvalue weighted by molar-refractivity contribution is -0.122. The number of rotatable bonds is 7. The molecule has 1 saturated heterocycles. The summed E-state index contributed by atoms with van der Waals surface area (Å²) in [7, 11) is 1.53. The maximum Gasteiger partial charge on any atom is 0.305 e. The third-order valence-corrected chi connectivity index (χ3v) is 9.51. The number of halogens is 1. The number of thiazole rings is 1. The van der Waals surface area contributed by atoms with Crippen molar-refractivity contribution in [1.29, 1.82) is 0 Å². The van der Waals surface area contributed by atoms with Gasteiger partial charge in [-0.1, -0.05) is 52.9 Å². The first-order valence-corrected chi connectivity index (χ1v) is 14.6. The lowest BCUT2D eigenvalue weighted by atomic mass is 9.82. The van der Waals surface area contributed by atoms with E-state index in [9.17, 15) is 19.2 Å². The molecule has 208 valence electrons. The zero-order chi connectivity index (χ0) is 28.7. The van der Waals surface area contributed by atoms with E-state index < -0.39 is 23.0 Å². The van der Waals surface area contributed by atoms with Gasteiger partial charge >= 0.3 is 4.87 Å². The predicted molar refractivity (Wildman–Crippen MR) is 157 cm³/mol. The molecule has 12 heteroatoms. The molecule has 2 aliphatic rings. The number of para-hydroxylation sites is 1. The molecule has 2 aliphatic heterocycles. The van der Waals surface area contributed by atoms with Gasteiger partial charge in [0.05, 0.1) is 23.7 Å². The van der Waals surface area contributed by atoms with Crippen LogP contribution in [0.4, 0.5) is 11.4 Å². The quantitative estimate of drug-likeness (QED) is 0.287. The van der Waals surface area contributed by atoms with Crippen LogP contribution in [0.2, 0.25) is 5.02 Å². The average Bonchev–Trinajstić information content (AvgIpc) is 3.47. The molecule has 0 bridgehead atoms. The molecule has 0 unspecified atom stereocenters. The summed E-state index contributed by atoms with van der Waals surface area (Å²) in [5, 5.41) is 2.88. The molecule has 1 aromatic heterocycles. The van der Waals surface area contributed by atoms with E-state index in [0.29, 0.717) is 43.4 Å². The molecule has 3 atom stereocenters. The molecule has 0 spiro atoms. The summed E-state index contributed by atoms with van der Waals surface area (Å²) in [6.07, 6.45) is 0. The molecule has 41 heavy (non-hydrogen) atoms. The third kappa shape index (κ3) is 5.12. The highest BCUT2D eigenvalue weighted by molar-refractivity contribution is 8.00. The summed E-state index contributed by atoms with van der Waals surface area (Å²) in [4.78, 5) is 57.1. The summed E-state index contributed by atoms with van der Waals surface area (Å²) < 4.78 is 11.2. The number of ether oxygens (including phenoxy) is 2. The van der Waals surface area contributed by atoms with E-state index in [0.717, 1.165) is 11.3 Å². The Morgan fingerprint density at radius 3 is 2.51 bits per heavy atom. The van der Waals surface area contributed by atoms with E-state index >= 15 is 0 Å². The van der Waals surface area contributed by atoms with Crippen LogP contribution in [0.1, 0.15) is 16.4 Å². The van der Waals surface area contributed by atoms with Crippen molar-refractivity contribution in [1.82, 2.24) is 4.98 Å². The van der Waals surface area contributed by atoms with E-state index in [1.165, 1.54) is 23.8 Å². The summed E-state index contributed by atoms with van der Waals surface area (Å²) in [6, 6.07) is 20.6. The second-order valence-corrected chi connectivity index (χ2v) is 11.9. The van der Waals surface area contributed by atoms with Crippen LogP contribution in [-0.2, 0) is 14.4 Å². The highest BCUT2D eigenvalue weighted by atomic mass is 35.5. The van der Waals surface area contributed by atoms with E-state index in [4.69, 9.17) is 21.1 Å². The van der Waals surface area contributed by atoms with Crippen LogP contribution in [0, 0.1) is 5.92 Å². The molecule has 9 nitrogen and oxygen atoms in total. The van der Waals surface area contributed by atoms with Crippen molar-refractivity contribution >= 4 is 63.8 Å². The molecule has 6 rings (SSSR count). The molecule has 3 aromatic carbocycles. The van der Waals surface area contributed by atoms with Crippen molar-refractivity contribution in [3.63, 3.8) is 0 Å². The number of nitrogens with zero attached hydrogens (tertiary/aromatic N) is 1. The number of methoxy groups -OCH3 is 1. The zero-order valence-corrected chi connectivity index (χ0v) is 23.8. The number of imide groups is 1. The standard InChI is InChI=1S/C29H22ClN3O6S2/c1-38-18-10-8-17(9-11-18)33-27(35)23-22(24-26(32-29(37)41-24)40-25(23)28(33)36)19-13-15(30)7-12-20(19)39-14-21(34)31-16-5-3-2-4-6-16/h2-13,22-23,25H,14H2,1H3,(H,31,34)(H,32,37)/t22-,23-,25+/m0/s1. The number of nitrogens with one attached hydrogen (secondary N) is 2. The van der Waals surface area contributed by atoms with Crippen LogP contribution >= 0.6 is 34.7 Å². The smallest absolute Gasteiger partial charge is 0.305 e. The highest BCUT2D eigenvalue weighted by Crippen LogP contribution is 2.54. The number of H-pyrrole nitrogens is 1. The number of fused-ring (bicyclic) bond motifs is 2. The number of hydrogen-bond acceptors (Lipinski definition) is 8. The van der Waals surface area contributed by atoms with Gasteiger partial charge in [-0.25, -0.2) is 4.90 Å². The number of carbonyl (C=O) groups is 3. The number of benzene rings is 3. The first-order valence-electron chi connectivity index (χ1n) is 12.5. The first-order chi connectivity index (χ1) is 19.8. The monoisotopic (exact) mass is 607 g/mol. The summed E-state index contributed by atoms with van der Waals surface area (Å²) in [5.41, 5.74) is 1.56. The summed E-state index contributed by atoms with van der Waals surface area (Å²) >= 11 is 8.57. The third-order valence-electron chi connectivity index (χ3n) is 6.88. The Balaban J connectivity index is 1.37. The average molecular weight is 608 g/mol. The van der Waals surface area contributed by atoms with Gasteiger partial charge in [0.2, 0.25) is 11.8 Å². The number of anilines is 2. The van der Waals surface area contributed by atoms with Crippen molar-refractivity contribution in [3.8, 4) is 11.5 Å². The number of carbonyl (C=O) groups excluding carboxylic acids is 3. The topological polar surface area (TPSA) is 118 Å². The van der Waals surface area contributed by atoms with Gasteiger partial charge in [0.1, 0.15) is 16.7 Å². The molecular weight excluding hydrogens is 586 g/mol. The fraction of sp³-hybridized carbons (Fsp3) is 0.172. The molecule has 3 amide bonds. The molecule has 0 saturated carbocycles. The number of hydrogen-bond donors (Lipinski definition) is 2. The Labute approximate surface area is 247 Å². The van der Waals surface area contributed by atoms with Crippen LogP contribution in [0.15, 0.2) is 82.6 Å². The fourth-order valence-electron chi connectivity index (χ4n) is 5.09. The van der Waals surface area contributed by atoms with Gasteiger partial charge in [0.15, 0.2) is 6.61 Å². The normalized spacial score (nSPS) is 19.5. The number of aromatic amines is 1. The van der Waals surface area contributed by atoms with E-state index in [-0.39, 0.29) is 23.3 Å². The first kappa shape index (κ1) is 27.1. The van der Waals surface area contributed by atoms with Gasteiger partial charge in [0.25, 0.3) is 5.91 Å². The van der Waals surface area contributed by atoms with Crippen LogP contribution in [0.3, 0.4) is 0 Å². The Morgan fingerprint density at radius 2 is 1.78 bits per heavy atom. The van der Waals surface area contributed by atoms with Crippen molar-refractivity contribution in [3.05, 3.63) is 97.9 Å². The van der Waals surface area contributed by atoms with Crippen LogP contribution in [-0.4, -0.2) is 41.7 Å².